The Hall–Kier alpha value is -0.310. The van der Waals surface area contributed by atoms with Crippen LogP contribution in [0.25, 0.3) is 0 Å². The molecule has 1 aromatic heterocycles. The maximum absolute atomic E-state index is 4.64. The number of nitrogens with zero attached hydrogens (tertiary/aromatic N) is 2. The number of hydrogen-bond acceptors (Lipinski definition) is 1. The summed E-state index contributed by atoms with van der Waals surface area (Å²) in [5.41, 5.74) is 2.88. The van der Waals surface area contributed by atoms with Crippen molar-refractivity contribution >= 4 is 15.9 Å². The molecule has 2 nitrogen and oxygen atoms in total. The van der Waals surface area contributed by atoms with E-state index in [4.69, 9.17) is 0 Å². The summed E-state index contributed by atoms with van der Waals surface area (Å²) in [6.45, 7) is 7.82. The van der Waals surface area contributed by atoms with E-state index in [9.17, 15) is 0 Å². The molecule has 14 heavy (non-hydrogen) atoms. The molecule has 0 unspecified atom stereocenters. The maximum atomic E-state index is 4.64. The molecule has 0 saturated carbocycles. The predicted octanol–water partition coefficient (Wildman–Crippen LogP) is 3.28. The minimum atomic E-state index is 0.167. The van der Waals surface area contributed by atoms with Crippen molar-refractivity contribution in [2.24, 2.45) is 0 Å². The first-order chi connectivity index (χ1) is 6.50. The minimum absolute atomic E-state index is 0.167. The van der Waals surface area contributed by atoms with Crippen LogP contribution >= 0.6 is 15.9 Å². The molecule has 1 aliphatic rings. The highest BCUT2D eigenvalue weighted by molar-refractivity contribution is 9.10. The van der Waals surface area contributed by atoms with Crippen LogP contribution in [0.1, 0.15) is 45.0 Å². The summed E-state index contributed by atoms with van der Waals surface area (Å²) in [4.78, 5) is 4.64. The normalized spacial score (nSPS) is 16.9. The van der Waals surface area contributed by atoms with Crippen LogP contribution in [0.5, 0.6) is 0 Å². The lowest BCUT2D eigenvalue weighted by Crippen LogP contribution is -2.18. The second-order valence-corrected chi connectivity index (χ2v) is 5.74. The van der Waals surface area contributed by atoms with Gasteiger partial charge >= 0.3 is 0 Å². The van der Waals surface area contributed by atoms with Gasteiger partial charge in [0.05, 0.1) is 5.69 Å². The molecular formula is C11H17BrN2. The summed E-state index contributed by atoms with van der Waals surface area (Å²) in [5, 5.41) is 0. The van der Waals surface area contributed by atoms with Crippen LogP contribution in [0.3, 0.4) is 0 Å². The standard InChI is InChI=1S/C11H17BrN2/c1-11(2,3)9-8-6-4-5-7-14(8)10(12)13-9/h4-7H2,1-3H3. The third kappa shape index (κ3) is 1.62. The van der Waals surface area contributed by atoms with Gasteiger partial charge in [0.1, 0.15) is 0 Å². The zero-order valence-electron chi connectivity index (χ0n) is 9.10. The van der Waals surface area contributed by atoms with Crippen LogP contribution in [-0.2, 0) is 18.4 Å². The highest BCUT2D eigenvalue weighted by Gasteiger charge is 2.26. The van der Waals surface area contributed by atoms with Crippen LogP contribution in [0, 0.1) is 0 Å². The molecule has 0 N–H and O–H groups in total. The van der Waals surface area contributed by atoms with E-state index in [1.165, 1.54) is 30.7 Å². The van der Waals surface area contributed by atoms with Crippen LogP contribution < -0.4 is 0 Å². The monoisotopic (exact) mass is 256 g/mol. The molecule has 0 fully saturated rings. The van der Waals surface area contributed by atoms with E-state index < -0.39 is 0 Å². The predicted molar refractivity (Wildman–Crippen MR) is 61.6 cm³/mol. The Morgan fingerprint density at radius 3 is 2.64 bits per heavy atom. The van der Waals surface area contributed by atoms with Gasteiger partial charge in [-0.2, -0.15) is 0 Å². The smallest absolute Gasteiger partial charge is 0.177 e. The number of fused-ring (bicyclic) bond motifs is 1. The molecule has 0 aromatic carbocycles. The van der Waals surface area contributed by atoms with Crippen molar-refractivity contribution in [2.45, 2.75) is 52.0 Å². The Balaban J connectivity index is 2.52. The number of imidazole rings is 1. The first-order valence-corrected chi connectivity index (χ1v) is 6.05. The number of halogens is 1. The average Bonchev–Trinajstić information content (AvgIpc) is 2.44. The molecule has 0 amide bonds. The van der Waals surface area contributed by atoms with Crippen molar-refractivity contribution in [2.75, 3.05) is 0 Å². The van der Waals surface area contributed by atoms with Crippen molar-refractivity contribution < 1.29 is 0 Å². The van der Waals surface area contributed by atoms with Gasteiger partial charge in [-0.1, -0.05) is 20.8 Å². The largest absolute Gasteiger partial charge is 0.322 e. The Bertz CT molecular complexity index is 347. The first-order valence-electron chi connectivity index (χ1n) is 5.25. The molecule has 3 heteroatoms. The summed E-state index contributed by atoms with van der Waals surface area (Å²) in [7, 11) is 0. The first kappa shape index (κ1) is 10.2. The van der Waals surface area contributed by atoms with E-state index in [1.807, 2.05) is 0 Å². The molecule has 1 aromatic rings. The Kier molecular flexibility index (Phi) is 2.46. The summed E-state index contributed by atoms with van der Waals surface area (Å²) < 4.78 is 3.33. The van der Waals surface area contributed by atoms with E-state index in [2.05, 4.69) is 46.3 Å². The fraction of sp³-hybridized carbons (Fsp3) is 0.727. The summed E-state index contributed by atoms with van der Waals surface area (Å²) in [6, 6.07) is 0. The van der Waals surface area contributed by atoms with Gasteiger partial charge in [0.2, 0.25) is 0 Å². The van der Waals surface area contributed by atoms with Crippen LogP contribution in [0.4, 0.5) is 0 Å². The highest BCUT2D eigenvalue weighted by atomic mass is 79.9. The molecular weight excluding hydrogens is 240 g/mol. The number of aromatic nitrogens is 2. The highest BCUT2D eigenvalue weighted by Crippen LogP contribution is 2.31. The van der Waals surface area contributed by atoms with Crippen LogP contribution in [0.15, 0.2) is 4.73 Å². The molecule has 0 radical (unpaired) electrons. The zero-order valence-corrected chi connectivity index (χ0v) is 10.7. The second kappa shape index (κ2) is 3.37. The Morgan fingerprint density at radius 1 is 1.29 bits per heavy atom. The zero-order chi connectivity index (χ0) is 10.3. The van der Waals surface area contributed by atoms with E-state index in [0.717, 1.165) is 11.3 Å². The van der Waals surface area contributed by atoms with Crippen molar-refractivity contribution in [1.82, 2.24) is 9.55 Å². The molecule has 1 aliphatic heterocycles. The lowest BCUT2D eigenvalue weighted by Gasteiger charge is -2.21. The number of rotatable bonds is 0. The molecule has 2 rings (SSSR count). The maximum Gasteiger partial charge on any atom is 0.177 e. The molecule has 78 valence electrons. The van der Waals surface area contributed by atoms with Gasteiger partial charge in [-0.25, -0.2) is 4.98 Å². The van der Waals surface area contributed by atoms with Crippen molar-refractivity contribution in [1.29, 1.82) is 0 Å². The quantitative estimate of drug-likeness (QED) is 0.697. The van der Waals surface area contributed by atoms with Gasteiger partial charge in [0.15, 0.2) is 4.73 Å². The van der Waals surface area contributed by atoms with Gasteiger partial charge < -0.3 is 4.57 Å². The molecule has 0 saturated heterocycles. The second-order valence-electron chi connectivity index (χ2n) is 5.03. The third-order valence-electron chi connectivity index (χ3n) is 2.78. The molecule has 0 bridgehead atoms. The van der Waals surface area contributed by atoms with Gasteiger partial charge in [-0.05, 0) is 35.2 Å². The van der Waals surface area contributed by atoms with E-state index in [-0.39, 0.29) is 5.41 Å². The van der Waals surface area contributed by atoms with E-state index >= 15 is 0 Å². The Labute approximate surface area is 93.9 Å². The lowest BCUT2D eigenvalue weighted by molar-refractivity contribution is 0.504. The fourth-order valence-corrected chi connectivity index (χ4v) is 2.67. The third-order valence-corrected chi connectivity index (χ3v) is 3.39. The molecule has 0 aliphatic carbocycles. The molecule has 0 atom stereocenters. The van der Waals surface area contributed by atoms with Crippen molar-refractivity contribution in [3.8, 4) is 0 Å². The van der Waals surface area contributed by atoms with Crippen LogP contribution in [-0.4, -0.2) is 9.55 Å². The molecule has 0 spiro atoms. The minimum Gasteiger partial charge on any atom is -0.322 e. The van der Waals surface area contributed by atoms with E-state index in [0.29, 0.717) is 0 Å². The van der Waals surface area contributed by atoms with Crippen LogP contribution in [0.2, 0.25) is 0 Å². The fourth-order valence-electron chi connectivity index (χ4n) is 2.10. The van der Waals surface area contributed by atoms with Gasteiger partial charge in [0.25, 0.3) is 0 Å². The Morgan fingerprint density at radius 2 is 2.00 bits per heavy atom. The summed E-state index contributed by atoms with van der Waals surface area (Å²) in [5.74, 6) is 0. The van der Waals surface area contributed by atoms with Gasteiger partial charge in [-0.3, -0.25) is 0 Å². The number of hydrogen-bond donors (Lipinski definition) is 0. The SMILES string of the molecule is CC(C)(C)c1nc(Br)n2c1CCCC2. The van der Waals surface area contributed by atoms with Crippen molar-refractivity contribution in [3.63, 3.8) is 0 Å². The van der Waals surface area contributed by atoms with E-state index in [1.54, 1.807) is 0 Å². The lowest BCUT2D eigenvalue weighted by atomic mass is 9.89. The van der Waals surface area contributed by atoms with Gasteiger partial charge in [0, 0.05) is 17.7 Å². The average molecular weight is 257 g/mol. The van der Waals surface area contributed by atoms with Gasteiger partial charge in [-0.15, -0.1) is 0 Å². The molecule has 2 heterocycles. The summed E-state index contributed by atoms with van der Waals surface area (Å²) in [6.07, 6.45) is 3.78. The summed E-state index contributed by atoms with van der Waals surface area (Å²) >= 11 is 3.55. The van der Waals surface area contributed by atoms with Crippen molar-refractivity contribution in [3.05, 3.63) is 16.1 Å². The topological polar surface area (TPSA) is 17.8 Å².